The van der Waals surface area contributed by atoms with Crippen LogP contribution in [0.4, 0.5) is 10.1 Å². The Balaban J connectivity index is 1.77. The lowest BCUT2D eigenvalue weighted by molar-refractivity contribution is 0.0792. The third kappa shape index (κ3) is 3.56. The summed E-state index contributed by atoms with van der Waals surface area (Å²) in [4.78, 5) is 14.0. The van der Waals surface area contributed by atoms with E-state index >= 15 is 0 Å². The van der Waals surface area contributed by atoms with Gasteiger partial charge in [-0.05, 0) is 55.3 Å². The maximum atomic E-state index is 13.2. The average molecular weight is 348 g/mol. The molecule has 0 atom stereocenters. The van der Waals surface area contributed by atoms with Crippen LogP contribution >= 0.6 is 0 Å². The smallest absolute Gasteiger partial charge is 0.261 e. The zero-order valence-electron chi connectivity index (χ0n) is 12.9. The number of hydrogen-bond donors (Lipinski definition) is 1. The zero-order chi connectivity index (χ0) is 17.2. The Morgan fingerprint density at radius 1 is 1.04 bits per heavy atom. The number of halogens is 1. The summed E-state index contributed by atoms with van der Waals surface area (Å²) in [6.07, 6.45) is 1.99. The SMILES string of the molecule is O=C(c1ccc(S(=O)(=O)Nc2cccc(F)c2)cc1)N1CCCC1. The summed E-state index contributed by atoms with van der Waals surface area (Å²) in [6.45, 7) is 1.47. The molecule has 24 heavy (non-hydrogen) atoms. The van der Waals surface area contributed by atoms with Gasteiger partial charge in [0.1, 0.15) is 5.82 Å². The van der Waals surface area contributed by atoms with Gasteiger partial charge in [-0.1, -0.05) is 6.07 Å². The summed E-state index contributed by atoms with van der Waals surface area (Å²) in [5, 5.41) is 0. The van der Waals surface area contributed by atoms with Gasteiger partial charge in [0.2, 0.25) is 0 Å². The van der Waals surface area contributed by atoms with Gasteiger partial charge in [0.25, 0.3) is 15.9 Å². The lowest BCUT2D eigenvalue weighted by Gasteiger charge is -2.15. The third-order valence-electron chi connectivity index (χ3n) is 3.88. The molecule has 3 rings (SSSR count). The van der Waals surface area contributed by atoms with Gasteiger partial charge in [0, 0.05) is 18.7 Å². The molecule has 0 radical (unpaired) electrons. The molecule has 1 aliphatic rings. The first kappa shape index (κ1) is 16.4. The van der Waals surface area contributed by atoms with Crippen molar-refractivity contribution in [2.24, 2.45) is 0 Å². The van der Waals surface area contributed by atoms with Crippen LogP contribution in [-0.2, 0) is 10.0 Å². The van der Waals surface area contributed by atoms with Crippen LogP contribution in [-0.4, -0.2) is 32.3 Å². The van der Waals surface area contributed by atoms with E-state index in [1.54, 1.807) is 4.90 Å². The second-order valence-electron chi connectivity index (χ2n) is 5.64. The number of sulfonamides is 1. The molecule has 2 aromatic rings. The van der Waals surface area contributed by atoms with Gasteiger partial charge in [0.05, 0.1) is 10.6 Å². The van der Waals surface area contributed by atoms with E-state index in [1.807, 2.05) is 0 Å². The molecular formula is C17H17FN2O3S. The molecule has 0 aromatic heterocycles. The molecular weight excluding hydrogens is 331 g/mol. The Labute approximate surface area is 140 Å². The molecule has 1 saturated heterocycles. The Kier molecular flexibility index (Phi) is 4.53. The van der Waals surface area contributed by atoms with Crippen molar-refractivity contribution < 1.29 is 17.6 Å². The summed E-state index contributed by atoms with van der Waals surface area (Å²) in [5.41, 5.74) is 0.605. The number of nitrogens with zero attached hydrogens (tertiary/aromatic N) is 1. The Morgan fingerprint density at radius 3 is 2.33 bits per heavy atom. The number of benzene rings is 2. The van der Waals surface area contributed by atoms with Crippen LogP contribution in [0.15, 0.2) is 53.4 Å². The van der Waals surface area contributed by atoms with Crippen molar-refractivity contribution in [1.82, 2.24) is 4.90 Å². The molecule has 0 unspecified atom stereocenters. The zero-order valence-corrected chi connectivity index (χ0v) is 13.7. The molecule has 0 bridgehead atoms. The molecule has 0 aliphatic carbocycles. The number of hydrogen-bond acceptors (Lipinski definition) is 3. The van der Waals surface area contributed by atoms with E-state index in [4.69, 9.17) is 0 Å². The Bertz CT molecular complexity index is 844. The van der Waals surface area contributed by atoms with E-state index in [1.165, 1.54) is 42.5 Å². The minimum absolute atomic E-state index is 0.0183. The average Bonchev–Trinajstić information content (AvgIpc) is 3.08. The van der Waals surface area contributed by atoms with Crippen LogP contribution in [0, 0.1) is 5.82 Å². The fourth-order valence-electron chi connectivity index (χ4n) is 2.65. The van der Waals surface area contributed by atoms with Crippen molar-refractivity contribution in [3.63, 3.8) is 0 Å². The molecule has 2 aromatic carbocycles. The number of amides is 1. The van der Waals surface area contributed by atoms with Crippen LogP contribution in [0.3, 0.4) is 0 Å². The van der Waals surface area contributed by atoms with E-state index in [-0.39, 0.29) is 16.5 Å². The van der Waals surface area contributed by atoms with Crippen LogP contribution in [0.1, 0.15) is 23.2 Å². The predicted octanol–water partition coefficient (Wildman–Crippen LogP) is 2.86. The predicted molar refractivity (Wildman–Crippen MR) is 88.8 cm³/mol. The van der Waals surface area contributed by atoms with Crippen molar-refractivity contribution >= 4 is 21.6 Å². The van der Waals surface area contributed by atoms with Crippen LogP contribution in [0.2, 0.25) is 0 Å². The summed E-state index contributed by atoms with van der Waals surface area (Å²) >= 11 is 0. The van der Waals surface area contributed by atoms with Crippen molar-refractivity contribution in [3.05, 3.63) is 59.9 Å². The molecule has 0 saturated carbocycles. The lowest BCUT2D eigenvalue weighted by Crippen LogP contribution is -2.27. The lowest BCUT2D eigenvalue weighted by atomic mass is 10.2. The molecule has 7 heteroatoms. The van der Waals surface area contributed by atoms with E-state index in [9.17, 15) is 17.6 Å². The van der Waals surface area contributed by atoms with Gasteiger partial charge < -0.3 is 4.90 Å². The summed E-state index contributed by atoms with van der Waals surface area (Å²) < 4.78 is 40.1. The highest BCUT2D eigenvalue weighted by Crippen LogP contribution is 2.19. The summed E-state index contributed by atoms with van der Waals surface area (Å²) in [6, 6.07) is 11.0. The maximum Gasteiger partial charge on any atom is 0.261 e. The van der Waals surface area contributed by atoms with Crippen molar-refractivity contribution in [3.8, 4) is 0 Å². The second-order valence-corrected chi connectivity index (χ2v) is 7.32. The largest absolute Gasteiger partial charge is 0.339 e. The van der Waals surface area contributed by atoms with Crippen LogP contribution in [0.5, 0.6) is 0 Å². The topological polar surface area (TPSA) is 66.5 Å². The number of carbonyl (C=O) groups is 1. The molecule has 5 nitrogen and oxygen atoms in total. The highest BCUT2D eigenvalue weighted by molar-refractivity contribution is 7.92. The van der Waals surface area contributed by atoms with Crippen LogP contribution < -0.4 is 4.72 Å². The van der Waals surface area contributed by atoms with Gasteiger partial charge >= 0.3 is 0 Å². The minimum Gasteiger partial charge on any atom is -0.339 e. The Hall–Kier alpha value is -2.41. The monoisotopic (exact) mass is 348 g/mol. The van der Waals surface area contributed by atoms with E-state index in [0.29, 0.717) is 5.56 Å². The number of anilines is 1. The third-order valence-corrected chi connectivity index (χ3v) is 5.28. The van der Waals surface area contributed by atoms with Gasteiger partial charge in [-0.2, -0.15) is 0 Å². The molecule has 0 spiro atoms. The molecule has 1 aliphatic heterocycles. The molecule has 1 heterocycles. The highest BCUT2D eigenvalue weighted by atomic mass is 32.2. The first-order valence-electron chi connectivity index (χ1n) is 7.63. The normalized spacial score (nSPS) is 14.6. The number of rotatable bonds is 4. The first-order valence-corrected chi connectivity index (χ1v) is 9.12. The molecule has 1 amide bonds. The van der Waals surface area contributed by atoms with Crippen molar-refractivity contribution in [2.45, 2.75) is 17.7 Å². The van der Waals surface area contributed by atoms with E-state index < -0.39 is 15.8 Å². The minimum atomic E-state index is -3.83. The highest BCUT2D eigenvalue weighted by Gasteiger charge is 2.20. The van der Waals surface area contributed by atoms with Gasteiger partial charge in [-0.15, -0.1) is 0 Å². The number of carbonyl (C=O) groups excluding carboxylic acids is 1. The van der Waals surface area contributed by atoms with Crippen molar-refractivity contribution in [2.75, 3.05) is 17.8 Å². The Morgan fingerprint density at radius 2 is 1.71 bits per heavy atom. The fourth-order valence-corrected chi connectivity index (χ4v) is 3.70. The summed E-state index contributed by atoms with van der Waals surface area (Å²) in [7, 11) is -3.83. The number of likely N-dealkylation sites (tertiary alicyclic amines) is 1. The standard InChI is InChI=1S/C17H17FN2O3S/c18-14-4-3-5-15(12-14)19-24(22,23)16-8-6-13(7-9-16)17(21)20-10-1-2-11-20/h3-9,12,19H,1-2,10-11H2. The maximum absolute atomic E-state index is 13.2. The van der Waals surface area contributed by atoms with E-state index in [0.717, 1.165) is 32.0 Å². The van der Waals surface area contributed by atoms with Gasteiger partial charge in [0.15, 0.2) is 0 Å². The van der Waals surface area contributed by atoms with Crippen LogP contribution in [0.25, 0.3) is 0 Å². The summed E-state index contributed by atoms with van der Waals surface area (Å²) in [5.74, 6) is -0.615. The molecule has 1 N–H and O–H groups in total. The van der Waals surface area contributed by atoms with Gasteiger partial charge in [-0.25, -0.2) is 12.8 Å². The second kappa shape index (κ2) is 6.60. The number of nitrogens with one attached hydrogen (secondary N) is 1. The fraction of sp³-hybridized carbons (Fsp3) is 0.235. The molecule has 1 fully saturated rings. The van der Waals surface area contributed by atoms with Crippen molar-refractivity contribution in [1.29, 1.82) is 0 Å². The van der Waals surface area contributed by atoms with Gasteiger partial charge in [-0.3, -0.25) is 9.52 Å². The molecule has 126 valence electrons. The quantitative estimate of drug-likeness (QED) is 0.924. The van der Waals surface area contributed by atoms with E-state index in [2.05, 4.69) is 4.72 Å². The first-order chi connectivity index (χ1) is 11.5.